The molecule has 2 aromatic rings. The van der Waals surface area contributed by atoms with E-state index in [2.05, 4.69) is 47.0 Å². The molecule has 0 bridgehead atoms. The van der Waals surface area contributed by atoms with E-state index in [4.69, 9.17) is 4.74 Å². The molecule has 160 valence electrons. The van der Waals surface area contributed by atoms with Crippen LogP contribution in [0.5, 0.6) is 5.75 Å². The Kier molecular flexibility index (Phi) is 7.50. The Bertz CT molecular complexity index is 908. The van der Waals surface area contributed by atoms with Crippen molar-refractivity contribution in [2.45, 2.75) is 13.8 Å². The van der Waals surface area contributed by atoms with Gasteiger partial charge in [-0.25, -0.2) is 0 Å². The van der Waals surface area contributed by atoms with Crippen molar-refractivity contribution in [1.82, 2.24) is 9.80 Å². The lowest BCUT2D eigenvalue weighted by Crippen LogP contribution is -2.47. The lowest BCUT2D eigenvalue weighted by atomic mass is 10.1. The molecule has 0 atom stereocenters. The van der Waals surface area contributed by atoms with Crippen molar-refractivity contribution in [2.75, 3.05) is 45.2 Å². The number of nitrogens with zero attached hydrogens (tertiary/aromatic N) is 2. The van der Waals surface area contributed by atoms with E-state index in [0.717, 1.165) is 17.6 Å². The Morgan fingerprint density at radius 1 is 1.07 bits per heavy atom. The fraction of sp³-hybridized carbons (Fsp3) is 0.391. The largest absolute Gasteiger partial charge is 0.492 e. The summed E-state index contributed by atoms with van der Waals surface area (Å²) in [6.07, 6.45) is 0. The van der Waals surface area contributed by atoms with Crippen molar-refractivity contribution < 1.29 is 14.3 Å². The molecule has 1 heterocycles. The van der Waals surface area contributed by atoms with Crippen LogP contribution in [0.25, 0.3) is 0 Å². The van der Waals surface area contributed by atoms with E-state index in [1.807, 2.05) is 4.90 Å². The van der Waals surface area contributed by atoms with E-state index >= 15 is 0 Å². The number of halogens is 1. The molecule has 30 heavy (non-hydrogen) atoms. The third kappa shape index (κ3) is 5.83. The van der Waals surface area contributed by atoms with Crippen LogP contribution < -0.4 is 10.1 Å². The molecule has 7 heteroatoms. The van der Waals surface area contributed by atoms with Gasteiger partial charge in [-0.2, -0.15) is 0 Å². The predicted molar refractivity (Wildman–Crippen MR) is 122 cm³/mol. The smallest absolute Gasteiger partial charge is 0.255 e. The molecule has 0 aliphatic carbocycles. The molecule has 6 nitrogen and oxygen atoms in total. The molecule has 2 aromatic carbocycles. The second kappa shape index (κ2) is 10.1. The SMILES string of the molecule is CC(C)COc1ccc(C(=O)Nc2cccc(C(=O)N3CCN(C)CC3)c2)cc1Br. The summed E-state index contributed by atoms with van der Waals surface area (Å²) in [7, 11) is 2.05. The number of rotatable bonds is 6. The van der Waals surface area contributed by atoms with Gasteiger partial charge >= 0.3 is 0 Å². The van der Waals surface area contributed by atoms with Gasteiger partial charge < -0.3 is 19.9 Å². The first-order valence-electron chi connectivity index (χ1n) is 10.1. The Balaban J connectivity index is 1.66. The summed E-state index contributed by atoms with van der Waals surface area (Å²) in [5, 5.41) is 2.88. The summed E-state index contributed by atoms with van der Waals surface area (Å²) < 4.78 is 6.47. The van der Waals surface area contributed by atoms with Gasteiger partial charge in [0.25, 0.3) is 11.8 Å². The molecule has 0 unspecified atom stereocenters. The van der Waals surface area contributed by atoms with Gasteiger partial charge in [0.2, 0.25) is 0 Å². The summed E-state index contributed by atoms with van der Waals surface area (Å²) in [6, 6.07) is 12.3. The molecule has 3 rings (SSSR count). The molecule has 1 saturated heterocycles. The Hall–Kier alpha value is -2.38. The molecule has 1 fully saturated rings. The number of anilines is 1. The van der Waals surface area contributed by atoms with Crippen LogP contribution in [0.4, 0.5) is 5.69 Å². The van der Waals surface area contributed by atoms with Crippen LogP contribution in [0, 0.1) is 5.92 Å². The second-order valence-electron chi connectivity index (χ2n) is 7.98. The highest BCUT2D eigenvalue weighted by Gasteiger charge is 2.20. The van der Waals surface area contributed by atoms with Crippen LogP contribution in [0.15, 0.2) is 46.9 Å². The summed E-state index contributed by atoms with van der Waals surface area (Å²) in [4.78, 5) is 29.5. The highest BCUT2D eigenvalue weighted by Crippen LogP contribution is 2.27. The average Bonchev–Trinajstić information content (AvgIpc) is 2.73. The molecule has 0 aromatic heterocycles. The lowest BCUT2D eigenvalue weighted by molar-refractivity contribution is 0.0664. The van der Waals surface area contributed by atoms with Crippen molar-refractivity contribution in [2.24, 2.45) is 5.92 Å². The number of carbonyl (C=O) groups excluding carboxylic acids is 2. The van der Waals surface area contributed by atoms with Crippen LogP contribution in [0.1, 0.15) is 34.6 Å². The highest BCUT2D eigenvalue weighted by atomic mass is 79.9. The first-order chi connectivity index (χ1) is 14.3. The van der Waals surface area contributed by atoms with Crippen molar-refractivity contribution in [3.05, 3.63) is 58.1 Å². The van der Waals surface area contributed by atoms with Crippen LogP contribution in [0.3, 0.4) is 0 Å². The van der Waals surface area contributed by atoms with Gasteiger partial charge in [-0.3, -0.25) is 9.59 Å². The fourth-order valence-corrected chi connectivity index (χ4v) is 3.63. The highest BCUT2D eigenvalue weighted by molar-refractivity contribution is 9.10. The summed E-state index contributed by atoms with van der Waals surface area (Å²) in [5.41, 5.74) is 1.68. The topological polar surface area (TPSA) is 61.9 Å². The molecule has 1 aliphatic rings. The average molecular weight is 474 g/mol. The Morgan fingerprint density at radius 3 is 2.47 bits per heavy atom. The van der Waals surface area contributed by atoms with Gasteiger partial charge in [-0.15, -0.1) is 0 Å². The minimum Gasteiger partial charge on any atom is -0.492 e. The summed E-state index contributed by atoms with van der Waals surface area (Å²) in [5.74, 6) is 0.879. The van der Waals surface area contributed by atoms with E-state index < -0.39 is 0 Å². The molecule has 1 N–H and O–H groups in total. The summed E-state index contributed by atoms with van der Waals surface area (Å²) in [6.45, 7) is 7.94. The Morgan fingerprint density at radius 2 is 1.80 bits per heavy atom. The van der Waals surface area contributed by atoms with Crippen molar-refractivity contribution in [3.8, 4) is 5.75 Å². The van der Waals surface area contributed by atoms with E-state index in [1.54, 1.807) is 42.5 Å². The summed E-state index contributed by atoms with van der Waals surface area (Å²) >= 11 is 3.47. The van der Waals surface area contributed by atoms with Crippen LogP contribution >= 0.6 is 15.9 Å². The number of hydrogen-bond donors (Lipinski definition) is 1. The number of nitrogens with one attached hydrogen (secondary N) is 1. The molecular weight excluding hydrogens is 446 g/mol. The third-order valence-electron chi connectivity index (χ3n) is 4.92. The first kappa shape index (κ1) is 22.3. The maximum absolute atomic E-state index is 12.8. The van der Waals surface area contributed by atoms with Crippen LogP contribution in [0.2, 0.25) is 0 Å². The molecule has 2 amide bonds. The van der Waals surface area contributed by atoms with Gasteiger partial charge in [0, 0.05) is 43.0 Å². The van der Waals surface area contributed by atoms with E-state index in [0.29, 0.717) is 48.2 Å². The number of hydrogen-bond acceptors (Lipinski definition) is 4. The number of carbonyl (C=O) groups is 2. The number of likely N-dealkylation sites (N-methyl/N-ethyl adjacent to an activating group) is 1. The van der Waals surface area contributed by atoms with Gasteiger partial charge in [0.15, 0.2) is 0 Å². The molecule has 0 saturated carbocycles. The number of piperazine rings is 1. The predicted octanol–water partition coefficient (Wildman–Crippen LogP) is 4.12. The number of ether oxygens (including phenoxy) is 1. The molecule has 1 aliphatic heterocycles. The second-order valence-corrected chi connectivity index (χ2v) is 8.83. The minimum absolute atomic E-state index is 0.00593. The third-order valence-corrected chi connectivity index (χ3v) is 5.54. The van der Waals surface area contributed by atoms with Gasteiger partial charge in [0.1, 0.15) is 5.75 Å². The van der Waals surface area contributed by atoms with Crippen molar-refractivity contribution >= 4 is 33.4 Å². The Labute approximate surface area is 186 Å². The van der Waals surface area contributed by atoms with Crippen LogP contribution in [-0.4, -0.2) is 61.4 Å². The maximum atomic E-state index is 12.8. The zero-order valence-electron chi connectivity index (χ0n) is 17.7. The monoisotopic (exact) mass is 473 g/mol. The maximum Gasteiger partial charge on any atom is 0.255 e. The fourth-order valence-electron chi connectivity index (χ4n) is 3.14. The van der Waals surface area contributed by atoms with Gasteiger partial charge in [-0.1, -0.05) is 19.9 Å². The van der Waals surface area contributed by atoms with E-state index in [9.17, 15) is 9.59 Å². The van der Waals surface area contributed by atoms with E-state index in [1.165, 1.54) is 0 Å². The first-order valence-corrected chi connectivity index (χ1v) is 10.9. The van der Waals surface area contributed by atoms with E-state index in [-0.39, 0.29) is 11.8 Å². The molecular formula is C23H28BrN3O3. The normalized spacial score (nSPS) is 14.6. The minimum atomic E-state index is -0.240. The lowest BCUT2D eigenvalue weighted by Gasteiger charge is -2.32. The number of benzene rings is 2. The zero-order chi connectivity index (χ0) is 21.7. The van der Waals surface area contributed by atoms with Crippen molar-refractivity contribution in [3.63, 3.8) is 0 Å². The van der Waals surface area contributed by atoms with Crippen molar-refractivity contribution in [1.29, 1.82) is 0 Å². The standard InChI is InChI=1S/C23H28BrN3O3/c1-16(2)15-30-21-8-7-17(14-20(21)24)22(28)25-19-6-4-5-18(13-19)23(29)27-11-9-26(3)10-12-27/h4-8,13-14,16H,9-12,15H2,1-3H3,(H,25,28). The quantitative estimate of drug-likeness (QED) is 0.684. The van der Waals surface area contributed by atoms with Gasteiger partial charge in [0.05, 0.1) is 11.1 Å². The zero-order valence-corrected chi connectivity index (χ0v) is 19.2. The molecule has 0 radical (unpaired) electrons. The van der Waals surface area contributed by atoms with Gasteiger partial charge in [-0.05, 0) is 65.3 Å². The number of amides is 2. The molecule has 0 spiro atoms. The van der Waals surface area contributed by atoms with Crippen LogP contribution in [-0.2, 0) is 0 Å².